The van der Waals surface area contributed by atoms with Crippen LogP contribution in [0.5, 0.6) is 0 Å². The molecule has 1 aromatic rings. The summed E-state index contributed by atoms with van der Waals surface area (Å²) in [6, 6.07) is 5.17. The van der Waals surface area contributed by atoms with Crippen molar-refractivity contribution in [1.29, 1.82) is 0 Å². The van der Waals surface area contributed by atoms with Crippen molar-refractivity contribution >= 4 is 11.8 Å². The smallest absolute Gasteiger partial charge is 0.370 e. The summed E-state index contributed by atoms with van der Waals surface area (Å²) < 4.78 is 44.7. The summed E-state index contributed by atoms with van der Waals surface area (Å²) in [6.45, 7) is 1.55. The predicted octanol–water partition coefficient (Wildman–Crippen LogP) is 1.74. The summed E-state index contributed by atoms with van der Waals surface area (Å²) in [5.41, 5.74) is -0.752. The lowest BCUT2D eigenvalue weighted by Crippen LogP contribution is -2.46. The van der Waals surface area contributed by atoms with Crippen molar-refractivity contribution in [3.05, 3.63) is 35.4 Å². The van der Waals surface area contributed by atoms with Crippen LogP contribution in [0.4, 0.5) is 13.2 Å². The third-order valence-electron chi connectivity index (χ3n) is 3.52. The molecule has 1 aliphatic heterocycles. The number of hydrogen-bond donors (Lipinski definition) is 1. The van der Waals surface area contributed by atoms with E-state index in [1.54, 1.807) is 0 Å². The zero-order valence-corrected chi connectivity index (χ0v) is 12.5. The molecule has 2 rings (SSSR count). The highest BCUT2D eigenvalue weighted by Gasteiger charge is 2.36. The lowest BCUT2D eigenvalue weighted by Gasteiger charge is -2.34. The molecule has 8 heteroatoms. The fourth-order valence-electron chi connectivity index (χ4n) is 2.41. The molecular formula is C15H17F3N2O3. The number of amides is 2. The Hall–Kier alpha value is -2.09. The van der Waals surface area contributed by atoms with Crippen molar-refractivity contribution < 1.29 is 27.5 Å². The van der Waals surface area contributed by atoms with Gasteiger partial charge in [0.1, 0.15) is 6.10 Å². The van der Waals surface area contributed by atoms with E-state index in [9.17, 15) is 22.8 Å². The standard InChI is InChI=1S/C15H17F3N2O3/c1-10(21)19-8-14(22)20-6-7-23-13(9-20)11-4-2-3-5-12(11)15(16,17)18/h2-5,13H,6-9H2,1H3,(H,19,21). The quantitative estimate of drug-likeness (QED) is 0.918. The van der Waals surface area contributed by atoms with Gasteiger partial charge in [0, 0.05) is 13.5 Å². The van der Waals surface area contributed by atoms with E-state index in [-0.39, 0.29) is 43.6 Å². The monoisotopic (exact) mass is 330 g/mol. The first-order valence-electron chi connectivity index (χ1n) is 7.09. The SMILES string of the molecule is CC(=O)NCC(=O)N1CCOC(c2ccccc2C(F)(F)F)C1. The van der Waals surface area contributed by atoms with Crippen molar-refractivity contribution in [1.82, 2.24) is 10.2 Å². The molecule has 0 aliphatic carbocycles. The van der Waals surface area contributed by atoms with Crippen LogP contribution in [0, 0.1) is 0 Å². The van der Waals surface area contributed by atoms with Gasteiger partial charge in [-0.2, -0.15) is 13.2 Å². The fourth-order valence-corrected chi connectivity index (χ4v) is 2.41. The molecular weight excluding hydrogens is 313 g/mol. The van der Waals surface area contributed by atoms with E-state index in [0.29, 0.717) is 0 Å². The number of carbonyl (C=O) groups is 2. The van der Waals surface area contributed by atoms with Crippen LogP contribution in [0.3, 0.4) is 0 Å². The Morgan fingerprint density at radius 2 is 2.04 bits per heavy atom. The van der Waals surface area contributed by atoms with E-state index in [0.717, 1.165) is 6.07 Å². The minimum Gasteiger partial charge on any atom is -0.370 e. The van der Waals surface area contributed by atoms with Gasteiger partial charge in [0.15, 0.2) is 0 Å². The summed E-state index contributed by atoms with van der Waals surface area (Å²) in [7, 11) is 0. The highest BCUT2D eigenvalue weighted by Crippen LogP contribution is 2.36. The molecule has 1 heterocycles. The second-order valence-corrected chi connectivity index (χ2v) is 5.19. The zero-order chi connectivity index (χ0) is 17.0. The maximum absolute atomic E-state index is 13.1. The Labute approximate surface area is 131 Å². The topological polar surface area (TPSA) is 58.6 Å². The van der Waals surface area contributed by atoms with E-state index in [1.165, 1.54) is 30.0 Å². The van der Waals surface area contributed by atoms with Gasteiger partial charge in [-0.25, -0.2) is 0 Å². The first-order chi connectivity index (χ1) is 10.8. The first-order valence-corrected chi connectivity index (χ1v) is 7.09. The summed E-state index contributed by atoms with van der Waals surface area (Å²) >= 11 is 0. The number of benzene rings is 1. The molecule has 0 radical (unpaired) electrons. The summed E-state index contributed by atoms with van der Waals surface area (Å²) in [5, 5.41) is 2.38. The molecule has 0 bridgehead atoms. The molecule has 1 saturated heterocycles. The van der Waals surface area contributed by atoms with Gasteiger partial charge in [-0.3, -0.25) is 9.59 Å². The summed E-state index contributed by atoms with van der Waals surface area (Å²) in [4.78, 5) is 24.2. The van der Waals surface area contributed by atoms with Gasteiger partial charge < -0.3 is 15.0 Å². The van der Waals surface area contributed by atoms with Crippen LogP contribution in [0.2, 0.25) is 0 Å². The number of nitrogens with one attached hydrogen (secondary N) is 1. The molecule has 1 unspecified atom stereocenters. The maximum Gasteiger partial charge on any atom is 0.416 e. The molecule has 126 valence electrons. The van der Waals surface area contributed by atoms with Gasteiger partial charge >= 0.3 is 6.18 Å². The predicted molar refractivity (Wildman–Crippen MR) is 75.4 cm³/mol. The molecule has 0 spiro atoms. The summed E-state index contributed by atoms with van der Waals surface area (Å²) in [5.74, 6) is -0.691. The number of hydrogen-bond acceptors (Lipinski definition) is 3. The largest absolute Gasteiger partial charge is 0.416 e. The Kier molecular flexibility index (Phi) is 5.25. The first kappa shape index (κ1) is 17.3. The highest BCUT2D eigenvalue weighted by atomic mass is 19.4. The van der Waals surface area contributed by atoms with Crippen LogP contribution in [-0.4, -0.2) is 43.0 Å². The maximum atomic E-state index is 13.1. The van der Waals surface area contributed by atoms with Crippen LogP contribution in [0.25, 0.3) is 0 Å². The number of carbonyl (C=O) groups excluding carboxylic acids is 2. The van der Waals surface area contributed by atoms with E-state index < -0.39 is 17.8 Å². The van der Waals surface area contributed by atoms with Gasteiger partial charge in [0.05, 0.1) is 25.3 Å². The lowest BCUT2D eigenvalue weighted by atomic mass is 10.0. The van der Waals surface area contributed by atoms with E-state index in [2.05, 4.69) is 5.32 Å². The van der Waals surface area contributed by atoms with Crippen molar-refractivity contribution in [3.63, 3.8) is 0 Å². The number of morpholine rings is 1. The van der Waals surface area contributed by atoms with Crippen LogP contribution < -0.4 is 5.32 Å². The molecule has 0 saturated carbocycles. The van der Waals surface area contributed by atoms with Gasteiger partial charge in [-0.1, -0.05) is 18.2 Å². The van der Waals surface area contributed by atoms with E-state index in [1.807, 2.05) is 0 Å². The highest BCUT2D eigenvalue weighted by molar-refractivity contribution is 5.83. The van der Waals surface area contributed by atoms with Crippen LogP contribution >= 0.6 is 0 Å². The third-order valence-corrected chi connectivity index (χ3v) is 3.52. The molecule has 23 heavy (non-hydrogen) atoms. The second kappa shape index (κ2) is 6.99. The van der Waals surface area contributed by atoms with Crippen molar-refractivity contribution in [2.45, 2.75) is 19.2 Å². The Balaban J connectivity index is 2.13. The molecule has 1 fully saturated rings. The van der Waals surface area contributed by atoms with Gasteiger partial charge in [0.2, 0.25) is 11.8 Å². The fraction of sp³-hybridized carbons (Fsp3) is 0.467. The van der Waals surface area contributed by atoms with Gasteiger partial charge in [-0.15, -0.1) is 0 Å². The van der Waals surface area contributed by atoms with E-state index >= 15 is 0 Å². The van der Waals surface area contributed by atoms with Crippen LogP contribution in [-0.2, 0) is 20.5 Å². The van der Waals surface area contributed by atoms with Crippen LogP contribution in [0.1, 0.15) is 24.2 Å². The van der Waals surface area contributed by atoms with Crippen LogP contribution in [0.15, 0.2) is 24.3 Å². The number of halogens is 3. The zero-order valence-electron chi connectivity index (χ0n) is 12.5. The molecule has 1 atom stereocenters. The van der Waals surface area contributed by atoms with Gasteiger partial charge in [0.25, 0.3) is 0 Å². The van der Waals surface area contributed by atoms with Crippen molar-refractivity contribution in [3.8, 4) is 0 Å². The molecule has 0 aromatic heterocycles. The summed E-state index contributed by atoms with van der Waals surface area (Å²) in [6.07, 6.45) is -5.33. The number of alkyl halides is 3. The molecule has 2 amide bonds. The molecule has 5 nitrogen and oxygen atoms in total. The Morgan fingerprint density at radius 3 is 2.70 bits per heavy atom. The average molecular weight is 330 g/mol. The normalized spacial score (nSPS) is 18.6. The van der Waals surface area contributed by atoms with E-state index in [4.69, 9.17) is 4.74 Å². The number of nitrogens with zero attached hydrogens (tertiary/aromatic N) is 1. The third kappa shape index (κ3) is 4.44. The molecule has 1 N–H and O–H groups in total. The number of rotatable bonds is 3. The molecule has 1 aliphatic rings. The minimum absolute atomic E-state index is 0.0111. The lowest BCUT2D eigenvalue weighted by molar-refractivity contribution is -0.143. The van der Waals surface area contributed by atoms with Crippen molar-refractivity contribution in [2.24, 2.45) is 0 Å². The Bertz CT molecular complexity index is 590. The minimum atomic E-state index is -4.48. The average Bonchev–Trinajstić information content (AvgIpc) is 2.52. The Morgan fingerprint density at radius 1 is 1.35 bits per heavy atom. The molecule has 1 aromatic carbocycles. The number of ether oxygens (including phenoxy) is 1. The second-order valence-electron chi connectivity index (χ2n) is 5.19. The van der Waals surface area contributed by atoms with Crippen molar-refractivity contribution in [2.75, 3.05) is 26.2 Å². The van der Waals surface area contributed by atoms with Gasteiger partial charge in [-0.05, 0) is 11.6 Å².